The van der Waals surface area contributed by atoms with Crippen molar-refractivity contribution >= 4 is 21.6 Å². The van der Waals surface area contributed by atoms with Gasteiger partial charge >= 0.3 is 0 Å². The van der Waals surface area contributed by atoms with E-state index < -0.39 is 6.93 Å². The molecule has 0 aromatic heterocycles. The van der Waals surface area contributed by atoms with Gasteiger partial charge in [-0.2, -0.15) is 0 Å². The first-order valence-electron chi connectivity index (χ1n) is 10.2. The van der Waals surface area contributed by atoms with Crippen LogP contribution in [0.25, 0.3) is 22.3 Å². The van der Waals surface area contributed by atoms with Crippen LogP contribution < -0.4 is 0 Å². The molecule has 2 aliphatic rings. The monoisotopic (exact) mass is 446 g/mol. The van der Waals surface area contributed by atoms with E-state index in [-0.39, 0.29) is 0 Å². The third-order valence-corrected chi connectivity index (χ3v) is 8.15. The second-order valence-electron chi connectivity index (χ2n) is 7.57. The van der Waals surface area contributed by atoms with Crippen LogP contribution in [0, 0.1) is 0 Å². The van der Waals surface area contributed by atoms with Crippen molar-refractivity contribution in [3.63, 3.8) is 0 Å². The van der Waals surface area contributed by atoms with Crippen LogP contribution in [0.2, 0.25) is 0 Å². The summed E-state index contributed by atoms with van der Waals surface area (Å²) in [6, 6.07) is 31.4. The van der Waals surface area contributed by atoms with Crippen molar-refractivity contribution in [1.29, 1.82) is 0 Å². The zero-order chi connectivity index (χ0) is 21.2. The van der Waals surface area contributed by atoms with E-state index in [0.29, 0.717) is 0 Å². The van der Waals surface area contributed by atoms with Gasteiger partial charge in [0.25, 0.3) is 0 Å². The van der Waals surface area contributed by atoms with Gasteiger partial charge in [0.2, 0.25) is 6.93 Å². The molecule has 0 fully saturated rings. The summed E-state index contributed by atoms with van der Waals surface area (Å²) in [5.41, 5.74) is 11.4. The van der Waals surface area contributed by atoms with Crippen LogP contribution in [-0.4, -0.2) is 6.93 Å². The Morgan fingerprint density at radius 2 is 0.903 bits per heavy atom. The Morgan fingerprint density at radius 1 is 0.516 bits per heavy atom. The van der Waals surface area contributed by atoms with Crippen LogP contribution in [0.3, 0.4) is 0 Å². The standard InChI is InChI=1S/C26H18S2.CH2F2/c1-3-7-23-17(5-1)13-19-15-21(9-11-25(19)23)27-28-22-10-12-26-20(16-22)14-18-6-2-4-8-24(18)26;2-1-3/h1-12,15-16H,13-14H2;1H2. The highest BCUT2D eigenvalue weighted by Crippen LogP contribution is 2.44. The number of hydrogen-bond donors (Lipinski definition) is 0. The predicted octanol–water partition coefficient (Wildman–Crippen LogP) is 8.51. The number of benzene rings is 4. The lowest BCUT2D eigenvalue weighted by Gasteiger charge is -2.07. The molecule has 154 valence electrons. The summed E-state index contributed by atoms with van der Waals surface area (Å²) in [5.74, 6) is 0. The third kappa shape index (κ3) is 4.02. The molecule has 0 unspecified atom stereocenters. The van der Waals surface area contributed by atoms with Gasteiger partial charge in [-0.25, -0.2) is 8.78 Å². The molecule has 0 saturated carbocycles. The van der Waals surface area contributed by atoms with E-state index in [9.17, 15) is 8.78 Å². The first-order valence-corrected chi connectivity index (χ1v) is 12.3. The van der Waals surface area contributed by atoms with Crippen molar-refractivity contribution in [1.82, 2.24) is 0 Å². The topological polar surface area (TPSA) is 0 Å². The molecule has 0 nitrogen and oxygen atoms in total. The van der Waals surface area contributed by atoms with Gasteiger partial charge in [0, 0.05) is 9.79 Å². The molecule has 0 amide bonds. The summed E-state index contributed by atoms with van der Waals surface area (Å²) in [6.45, 7) is -1.75. The minimum atomic E-state index is -1.75. The van der Waals surface area contributed by atoms with Gasteiger partial charge in [-0.1, -0.05) is 82.3 Å². The minimum Gasteiger partial charge on any atom is -0.214 e. The maximum Gasteiger partial charge on any atom is 0.229 e. The van der Waals surface area contributed by atoms with E-state index in [1.165, 1.54) is 54.3 Å². The SMILES string of the molecule is FCF.c1ccc2c(c1)Cc1cc(SSc3ccc4c(c3)Cc3ccccc3-4)ccc1-2. The van der Waals surface area contributed by atoms with Crippen LogP contribution in [0.4, 0.5) is 8.78 Å². The number of halogens is 2. The molecule has 0 radical (unpaired) electrons. The molecule has 0 atom stereocenters. The molecule has 4 heteroatoms. The van der Waals surface area contributed by atoms with E-state index in [4.69, 9.17) is 0 Å². The quantitative estimate of drug-likeness (QED) is 0.250. The van der Waals surface area contributed by atoms with E-state index in [0.717, 1.165) is 12.8 Å². The Morgan fingerprint density at radius 3 is 1.35 bits per heavy atom. The summed E-state index contributed by atoms with van der Waals surface area (Å²) in [6.07, 6.45) is 2.11. The normalized spacial score (nSPS) is 12.3. The number of hydrogen-bond acceptors (Lipinski definition) is 2. The van der Waals surface area contributed by atoms with Gasteiger partial charge < -0.3 is 0 Å². The molecule has 31 heavy (non-hydrogen) atoms. The fraction of sp³-hybridized carbons (Fsp3) is 0.111. The average Bonchev–Trinajstić information content (AvgIpc) is 3.35. The van der Waals surface area contributed by atoms with E-state index in [1.54, 1.807) is 0 Å². The van der Waals surface area contributed by atoms with Crippen LogP contribution in [-0.2, 0) is 12.8 Å². The van der Waals surface area contributed by atoms with Gasteiger partial charge in [-0.3, -0.25) is 0 Å². The smallest absolute Gasteiger partial charge is 0.214 e. The zero-order valence-electron chi connectivity index (χ0n) is 16.8. The molecule has 4 aromatic carbocycles. The maximum atomic E-state index is 9.62. The fourth-order valence-electron chi connectivity index (χ4n) is 4.44. The summed E-state index contributed by atoms with van der Waals surface area (Å²) in [7, 11) is 3.73. The van der Waals surface area contributed by atoms with Crippen molar-refractivity contribution in [3.05, 3.63) is 107 Å². The van der Waals surface area contributed by atoms with E-state index >= 15 is 0 Å². The molecule has 0 N–H and O–H groups in total. The second-order valence-corrected chi connectivity index (χ2v) is 9.85. The number of rotatable bonds is 3. The highest BCUT2D eigenvalue weighted by atomic mass is 33.1. The van der Waals surface area contributed by atoms with Crippen LogP contribution >= 0.6 is 21.6 Å². The third-order valence-electron chi connectivity index (χ3n) is 5.76. The largest absolute Gasteiger partial charge is 0.229 e. The lowest BCUT2D eigenvalue weighted by molar-refractivity contribution is 0.295. The van der Waals surface area contributed by atoms with Gasteiger partial charge in [0.1, 0.15) is 0 Å². The molecule has 0 bridgehead atoms. The Balaban J connectivity index is 0.000000646. The average molecular weight is 447 g/mol. The second kappa shape index (κ2) is 8.89. The van der Waals surface area contributed by atoms with Crippen molar-refractivity contribution < 1.29 is 8.78 Å². The van der Waals surface area contributed by atoms with Crippen molar-refractivity contribution in [2.24, 2.45) is 0 Å². The molecule has 0 saturated heterocycles. The van der Waals surface area contributed by atoms with Crippen LogP contribution in [0.5, 0.6) is 0 Å². The van der Waals surface area contributed by atoms with Gasteiger partial charge in [0.15, 0.2) is 0 Å². The highest BCUT2D eigenvalue weighted by molar-refractivity contribution is 8.76. The summed E-state index contributed by atoms with van der Waals surface area (Å²) >= 11 is 0. The van der Waals surface area contributed by atoms with E-state index in [2.05, 4.69) is 84.9 Å². The van der Waals surface area contributed by atoms with Gasteiger partial charge in [0.05, 0.1) is 0 Å². The Kier molecular flexibility index (Phi) is 5.84. The molecular weight excluding hydrogens is 426 g/mol. The predicted molar refractivity (Wildman–Crippen MR) is 128 cm³/mol. The molecule has 0 heterocycles. The number of fused-ring (bicyclic) bond motifs is 6. The summed E-state index contributed by atoms with van der Waals surface area (Å²) < 4.78 is 19.2. The van der Waals surface area contributed by atoms with Crippen molar-refractivity contribution in [2.75, 3.05) is 6.93 Å². The molecule has 6 rings (SSSR count). The Bertz CT molecular complexity index is 1150. The first kappa shape index (κ1) is 20.3. The molecular formula is C27H20F2S2. The van der Waals surface area contributed by atoms with Gasteiger partial charge in [-0.15, -0.1) is 0 Å². The van der Waals surface area contributed by atoms with Crippen LogP contribution in [0.15, 0.2) is 94.7 Å². The molecule has 0 spiro atoms. The van der Waals surface area contributed by atoms with Crippen molar-refractivity contribution in [2.45, 2.75) is 22.6 Å². The van der Waals surface area contributed by atoms with Gasteiger partial charge in [-0.05, 0) is 81.6 Å². The Hall–Kier alpha value is -2.56. The van der Waals surface area contributed by atoms with Crippen molar-refractivity contribution in [3.8, 4) is 22.3 Å². The zero-order valence-corrected chi connectivity index (χ0v) is 18.4. The fourth-order valence-corrected chi connectivity index (χ4v) is 6.46. The minimum absolute atomic E-state index is 1.06. The first-order chi connectivity index (χ1) is 15.3. The Labute approximate surface area is 189 Å². The summed E-state index contributed by atoms with van der Waals surface area (Å²) in [4.78, 5) is 2.67. The number of alkyl halides is 2. The molecule has 2 aliphatic carbocycles. The van der Waals surface area contributed by atoms with E-state index in [1.807, 2.05) is 21.6 Å². The molecule has 4 aromatic rings. The highest BCUT2D eigenvalue weighted by Gasteiger charge is 2.19. The lowest BCUT2D eigenvalue weighted by atomic mass is 10.1. The summed E-state index contributed by atoms with van der Waals surface area (Å²) in [5, 5.41) is 0. The molecule has 0 aliphatic heterocycles. The maximum absolute atomic E-state index is 9.62. The lowest BCUT2D eigenvalue weighted by Crippen LogP contribution is -1.82. The van der Waals surface area contributed by atoms with Crippen LogP contribution in [0.1, 0.15) is 22.3 Å².